The molecule has 1 saturated heterocycles. The first kappa shape index (κ1) is 19.1. The molecule has 2 heterocycles. The molecule has 4 nitrogen and oxygen atoms in total. The van der Waals surface area contributed by atoms with Gasteiger partial charge in [-0.3, -0.25) is 9.79 Å². The summed E-state index contributed by atoms with van der Waals surface area (Å²) in [5, 5.41) is 0. The van der Waals surface area contributed by atoms with Crippen LogP contribution < -0.4 is 0 Å². The maximum absolute atomic E-state index is 13.5. The van der Waals surface area contributed by atoms with E-state index in [0.29, 0.717) is 32.3 Å². The summed E-state index contributed by atoms with van der Waals surface area (Å²) in [5.74, 6) is 0.375. The first-order valence-corrected chi connectivity index (χ1v) is 10.5. The molecule has 0 aromatic rings. The molecule has 0 aromatic heterocycles. The molecule has 28 heavy (non-hydrogen) atoms. The molecule has 2 atom stereocenters. The van der Waals surface area contributed by atoms with E-state index in [1.807, 2.05) is 11.0 Å². The molecule has 0 bridgehead atoms. The van der Waals surface area contributed by atoms with Crippen LogP contribution in [0.4, 0.5) is 0 Å². The summed E-state index contributed by atoms with van der Waals surface area (Å²) < 4.78 is 5.46. The summed E-state index contributed by atoms with van der Waals surface area (Å²) in [7, 11) is 0. The second kappa shape index (κ2) is 8.04. The summed E-state index contributed by atoms with van der Waals surface area (Å²) in [6.07, 6.45) is 12.2. The maximum atomic E-state index is 13.5. The van der Waals surface area contributed by atoms with Crippen LogP contribution in [-0.2, 0) is 9.53 Å². The molecular formula is C24H30N2O2. The first-order valence-electron chi connectivity index (χ1n) is 10.5. The maximum Gasteiger partial charge on any atom is 0.250 e. The van der Waals surface area contributed by atoms with E-state index in [9.17, 15) is 4.79 Å². The minimum Gasteiger partial charge on any atom is -0.378 e. The van der Waals surface area contributed by atoms with Gasteiger partial charge in [0.25, 0.3) is 0 Å². The van der Waals surface area contributed by atoms with Crippen LogP contribution in [0.5, 0.6) is 0 Å². The Morgan fingerprint density at radius 1 is 1.29 bits per heavy atom. The number of nitrogens with zero attached hydrogens (tertiary/aromatic N) is 2. The predicted molar refractivity (Wildman–Crippen MR) is 113 cm³/mol. The number of ether oxygens (including phenoxy) is 1. The fraction of sp³-hybridized carbons (Fsp3) is 0.500. The van der Waals surface area contributed by atoms with Crippen molar-refractivity contribution in [2.24, 2.45) is 10.9 Å². The number of carbonyl (C=O) groups excluding carboxylic acids is 1. The zero-order chi connectivity index (χ0) is 19.7. The third kappa shape index (κ3) is 3.46. The van der Waals surface area contributed by atoms with Gasteiger partial charge < -0.3 is 9.64 Å². The number of fused-ring (bicyclic) bond motifs is 1. The number of morpholine rings is 1. The van der Waals surface area contributed by atoms with Gasteiger partial charge in [0.2, 0.25) is 5.91 Å². The lowest BCUT2D eigenvalue weighted by molar-refractivity contribution is -0.131. The zero-order valence-electron chi connectivity index (χ0n) is 17.0. The molecule has 4 aliphatic rings. The standard InChI is InChI=1S/C24H30N2O2/c1-4-18-16(2)6-5-7-19(18)23-20-9-8-17(3)25-22(20)11-10-21(23)24(27)26-12-14-28-15-13-26/h4-6,9,17,19H,1,7-8,10-15H2,2-3H3. The van der Waals surface area contributed by atoms with Crippen molar-refractivity contribution in [2.75, 3.05) is 26.3 Å². The van der Waals surface area contributed by atoms with Crippen molar-refractivity contribution >= 4 is 11.6 Å². The summed E-state index contributed by atoms with van der Waals surface area (Å²) in [6, 6.07) is 0.332. The van der Waals surface area contributed by atoms with Gasteiger partial charge in [0, 0.05) is 30.3 Å². The molecule has 148 valence electrons. The Kier molecular flexibility index (Phi) is 5.49. The van der Waals surface area contributed by atoms with Gasteiger partial charge in [0.15, 0.2) is 0 Å². The van der Waals surface area contributed by atoms with Crippen LogP contribution >= 0.6 is 0 Å². The Morgan fingerprint density at radius 3 is 2.82 bits per heavy atom. The number of hydrogen-bond donors (Lipinski definition) is 0. The molecule has 0 saturated carbocycles. The van der Waals surface area contributed by atoms with E-state index in [0.717, 1.165) is 31.3 Å². The number of dihydropyridines is 1. The van der Waals surface area contributed by atoms with Crippen molar-refractivity contribution in [1.29, 1.82) is 0 Å². The van der Waals surface area contributed by atoms with Crippen LogP contribution in [0, 0.1) is 5.92 Å². The van der Waals surface area contributed by atoms with E-state index in [1.165, 1.54) is 28.0 Å². The zero-order valence-corrected chi connectivity index (χ0v) is 17.0. The highest BCUT2D eigenvalue weighted by Gasteiger charge is 2.36. The molecule has 0 aromatic carbocycles. The topological polar surface area (TPSA) is 41.9 Å². The van der Waals surface area contributed by atoms with E-state index >= 15 is 0 Å². The number of aliphatic imine (C=N–C) groups is 1. The largest absolute Gasteiger partial charge is 0.378 e. The van der Waals surface area contributed by atoms with Gasteiger partial charge >= 0.3 is 0 Å². The van der Waals surface area contributed by atoms with Gasteiger partial charge in [-0.1, -0.05) is 30.9 Å². The van der Waals surface area contributed by atoms with Gasteiger partial charge in [-0.05, 0) is 61.8 Å². The lowest BCUT2D eigenvalue weighted by Crippen LogP contribution is -2.43. The van der Waals surface area contributed by atoms with Crippen LogP contribution in [0.1, 0.15) is 39.5 Å². The highest BCUT2D eigenvalue weighted by molar-refractivity contribution is 6.10. The van der Waals surface area contributed by atoms with Crippen molar-refractivity contribution in [3.63, 3.8) is 0 Å². The molecule has 0 radical (unpaired) electrons. The van der Waals surface area contributed by atoms with Crippen molar-refractivity contribution in [3.8, 4) is 0 Å². The second-order valence-electron chi connectivity index (χ2n) is 8.11. The smallest absolute Gasteiger partial charge is 0.250 e. The minimum absolute atomic E-state index is 0.187. The fourth-order valence-electron chi connectivity index (χ4n) is 4.83. The van der Waals surface area contributed by atoms with Gasteiger partial charge in [-0.2, -0.15) is 0 Å². The van der Waals surface area contributed by atoms with Gasteiger partial charge in [-0.15, -0.1) is 0 Å². The van der Waals surface area contributed by atoms with Gasteiger partial charge in [-0.25, -0.2) is 0 Å². The van der Waals surface area contributed by atoms with Crippen LogP contribution in [-0.4, -0.2) is 48.9 Å². The second-order valence-corrected chi connectivity index (χ2v) is 8.11. The molecular weight excluding hydrogens is 348 g/mol. The van der Waals surface area contributed by atoms with E-state index < -0.39 is 0 Å². The summed E-state index contributed by atoms with van der Waals surface area (Å²) in [5.41, 5.74) is 7.06. The normalized spacial score (nSPS) is 28.0. The fourth-order valence-corrected chi connectivity index (χ4v) is 4.83. The third-order valence-corrected chi connectivity index (χ3v) is 6.27. The average Bonchev–Trinajstić information content (AvgIpc) is 2.72. The van der Waals surface area contributed by atoms with Crippen LogP contribution in [0.25, 0.3) is 0 Å². The third-order valence-electron chi connectivity index (χ3n) is 6.27. The van der Waals surface area contributed by atoms with Gasteiger partial charge in [0.05, 0.1) is 19.3 Å². The molecule has 4 heteroatoms. The van der Waals surface area contributed by atoms with Crippen molar-refractivity contribution in [3.05, 3.63) is 58.7 Å². The Labute approximate surface area is 168 Å². The monoisotopic (exact) mass is 378 g/mol. The SMILES string of the molecule is C=CC1=C(C)C=CCC1C1=C(C(=O)N2CCOCC2)CCC2=NC(C)CC=C21. The average molecular weight is 379 g/mol. The molecule has 2 unspecified atom stereocenters. The number of carbonyl (C=O) groups is 1. The van der Waals surface area contributed by atoms with Crippen molar-refractivity contribution in [2.45, 2.75) is 45.6 Å². The number of rotatable bonds is 3. The lowest BCUT2D eigenvalue weighted by Gasteiger charge is -2.36. The Balaban J connectivity index is 1.81. The summed E-state index contributed by atoms with van der Waals surface area (Å²) in [6.45, 7) is 11.0. The molecule has 0 spiro atoms. The Morgan fingerprint density at radius 2 is 2.07 bits per heavy atom. The number of allylic oxidation sites excluding steroid dienone is 7. The minimum atomic E-state index is 0.187. The highest BCUT2D eigenvalue weighted by Crippen LogP contribution is 2.43. The molecule has 1 amide bonds. The Bertz CT molecular complexity index is 835. The van der Waals surface area contributed by atoms with E-state index in [2.05, 4.69) is 38.7 Å². The number of amides is 1. The Hall–Kier alpha value is -2.20. The van der Waals surface area contributed by atoms with Crippen LogP contribution in [0.3, 0.4) is 0 Å². The van der Waals surface area contributed by atoms with Crippen LogP contribution in [0.2, 0.25) is 0 Å². The molecule has 4 rings (SSSR count). The van der Waals surface area contributed by atoms with Crippen molar-refractivity contribution < 1.29 is 9.53 Å². The summed E-state index contributed by atoms with van der Waals surface area (Å²) in [4.78, 5) is 20.4. The predicted octanol–water partition coefficient (Wildman–Crippen LogP) is 4.17. The van der Waals surface area contributed by atoms with E-state index in [1.54, 1.807) is 0 Å². The van der Waals surface area contributed by atoms with Gasteiger partial charge in [0.1, 0.15) is 0 Å². The highest BCUT2D eigenvalue weighted by atomic mass is 16.5. The van der Waals surface area contributed by atoms with E-state index in [4.69, 9.17) is 9.73 Å². The quantitative estimate of drug-likeness (QED) is 0.739. The molecule has 0 N–H and O–H groups in total. The van der Waals surface area contributed by atoms with E-state index in [-0.39, 0.29) is 11.8 Å². The number of hydrogen-bond acceptors (Lipinski definition) is 3. The van der Waals surface area contributed by atoms with Crippen LogP contribution in [0.15, 0.2) is 63.7 Å². The first-order chi connectivity index (χ1) is 13.6. The molecule has 2 aliphatic carbocycles. The lowest BCUT2D eigenvalue weighted by atomic mass is 9.71. The molecule has 2 aliphatic heterocycles. The summed E-state index contributed by atoms with van der Waals surface area (Å²) >= 11 is 0. The van der Waals surface area contributed by atoms with Crippen molar-refractivity contribution in [1.82, 2.24) is 4.90 Å². The molecule has 1 fully saturated rings.